The van der Waals surface area contributed by atoms with E-state index in [2.05, 4.69) is 45.1 Å². The SMILES string of the molecule is NN1CCN(Cc2ccc(Br)cc2)CC1. The lowest BCUT2D eigenvalue weighted by Gasteiger charge is -2.31. The third-order valence-electron chi connectivity index (χ3n) is 2.73. The lowest BCUT2D eigenvalue weighted by Crippen LogP contribution is -2.48. The van der Waals surface area contributed by atoms with E-state index in [1.165, 1.54) is 5.56 Å². The van der Waals surface area contributed by atoms with Gasteiger partial charge in [-0.3, -0.25) is 10.7 Å². The Kier molecular flexibility index (Phi) is 3.75. The van der Waals surface area contributed by atoms with Crippen LogP contribution < -0.4 is 5.84 Å². The lowest BCUT2D eigenvalue weighted by atomic mass is 10.2. The van der Waals surface area contributed by atoms with Gasteiger partial charge in [0.2, 0.25) is 0 Å². The summed E-state index contributed by atoms with van der Waals surface area (Å²) in [5, 5.41) is 1.89. The van der Waals surface area contributed by atoms with Crippen molar-refractivity contribution in [1.29, 1.82) is 0 Å². The van der Waals surface area contributed by atoms with Crippen molar-refractivity contribution < 1.29 is 0 Å². The summed E-state index contributed by atoms with van der Waals surface area (Å²) in [6.45, 7) is 5.09. The normalized spacial score (nSPS) is 19.3. The number of piperazine rings is 1. The highest BCUT2D eigenvalue weighted by atomic mass is 79.9. The minimum absolute atomic E-state index is 0.969. The van der Waals surface area contributed by atoms with Gasteiger partial charge in [-0.25, -0.2) is 5.01 Å². The molecular formula is C11H16BrN3. The average molecular weight is 270 g/mol. The van der Waals surface area contributed by atoms with Crippen molar-refractivity contribution in [2.45, 2.75) is 6.54 Å². The number of nitrogens with two attached hydrogens (primary N) is 1. The van der Waals surface area contributed by atoms with Gasteiger partial charge < -0.3 is 0 Å². The van der Waals surface area contributed by atoms with Crippen LogP contribution in [0.3, 0.4) is 0 Å². The largest absolute Gasteiger partial charge is 0.296 e. The van der Waals surface area contributed by atoms with Crippen molar-refractivity contribution in [3.63, 3.8) is 0 Å². The standard InChI is InChI=1S/C11H16BrN3/c12-11-3-1-10(2-4-11)9-14-5-7-15(13)8-6-14/h1-4H,5-9,13H2. The van der Waals surface area contributed by atoms with Crippen LogP contribution in [0, 0.1) is 0 Å². The Morgan fingerprint density at radius 2 is 1.67 bits per heavy atom. The molecule has 1 aromatic carbocycles. The Balaban J connectivity index is 1.89. The van der Waals surface area contributed by atoms with E-state index in [1.54, 1.807) is 0 Å². The molecule has 0 bridgehead atoms. The zero-order chi connectivity index (χ0) is 10.7. The molecule has 82 valence electrons. The highest BCUT2D eigenvalue weighted by Crippen LogP contribution is 2.12. The van der Waals surface area contributed by atoms with E-state index < -0.39 is 0 Å². The van der Waals surface area contributed by atoms with Gasteiger partial charge in [0.1, 0.15) is 0 Å². The van der Waals surface area contributed by atoms with Crippen LogP contribution in [0.2, 0.25) is 0 Å². The van der Waals surface area contributed by atoms with E-state index in [-0.39, 0.29) is 0 Å². The number of benzene rings is 1. The summed E-state index contributed by atoms with van der Waals surface area (Å²) in [6.07, 6.45) is 0. The van der Waals surface area contributed by atoms with Crippen LogP contribution in [0.5, 0.6) is 0 Å². The first kappa shape index (κ1) is 11.1. The van der Waals surface area contributed by atoms with E-state index in [0.717, 1.165) is 37.2 Å². The van der Waals surface area contributed by atoms with Crippen LogP contribution in [-0.4, -0.2) is 36.1 Å². The number of hydrazine groups is 1. The predicted octanol–water partition coefficient (Wildman–Crippen LogP) is 1.44. The van der Waals surface area contributed by atoms with Crippen LogP contribution in [0.15, 0.2) is 28.7 Å². The first-order valence-corrected chi connectivity index (χ1v) is 6.00. The first-order valence-electron chi connectivity index (χ1n) is 5.20. The molecule has 1 aliphatic rings. The van der Waals surface area contributed by atoms with Gasteiger partial charge in [-0.2, -0.15) is 0 Å². The van der Waals surface area contributed by atoms with Gasteiger partial charge in [0.05, 0.1) is 0 Å². The summed E-state index contributed by atoms with van der Waals surface area (Å²) in [4.78, 5) is 2.44. The van der Waals surface area contributed by atoms with Crippen molar-refractivity contribution in [3.05, 3.63) is 34.3 Å². The fraction of sp³-hybridized carbons (Fsp3) is 0.455. The molecule has 0 amide bonds. The molecule has 1 aliphatic heterocycles. The number of nitrogens with zero attached hydrogens (tertiary/aromatic N) is 2. The van der Waals surface area contributed by atoms with Crippen molar-refractivity contribution in [2.24, 2.45) is 5.84 Å². The van der Waals surface area contributed by atoms with Crippen molar-refractivity contribution in [1.82, 2.24) is 9.91 Å². The van der Waals surface area contributed by atoms with E-state index in [9.17, 15) is 0 Å². The second kappa shape index (κ2) is 5.07. The Bertz CT molecular complexity index is 304. The summed E-state index contributed by atoms with van der Waals surface area (Å²) in [5.41, 5.74) is 1.36. The zero-order valence-corrected chi connectivity index (χ0v) is 10.3. The molecule has 1 heterocycles. The maximum atomic E-state index is 5.71. The summed E-state index contributed by atoms with van der Waals surface area (Å²) < 4.78 is 1.14. The minimum Gasteiger partial charge on any atom is -0.296 e. The second-order valence-corrected chi connectivity index (χ2v) is 4.85. The smallest absolute Gasteiger partial charge is 0.0257 e. The molecule has 0 atom stereocenters. The molecule has 0 aromatic heterocycles. The zero-order valence-electron chi connectivity index (χ0n) is 8.69. The maximum absolute atomic E-state index is 5.71. The molecule has 2 rings (SSSR count). The molecule has 15 heavy (non-hydrogen) atoms. The van der Waals surface area contributed by atoms with Crippen molar-refractivity contribution in [3.8, 4) is 0 Å². The Morgan fingerprint density at radius 1 is 1.07 bits per heavy atom. The van der Waals surface area contributed by atoms with Gasteiger partial charge in [0.15, 0.2) is 0 Å². The Labute approximate surface area is 98.9 Å². The molecule has 0 saturated carbocycles. The van der Waals surface area contributed by atoms with Gasteiger partial charge in [-0.15, -0.1) is 0 Å². The van der Waals surface area contributed by atoms with Gasteiger partial charge in [0, 0.05) is 37.2 Å². The van der Waals surface area contributed by atoms with E-state index in [0.29, 0.717) is 0 Å². The lowest BCUT2D eigenvalue weighted by molar-refractivity contribution is 0.128. The quantitative estimate of drug-likeness (QED) is 0.825. The first-order chi connectivity index (χ1) is 7.24. The summed E-state index contributed by atoms with van der Waals surface area (Å²) in [6, 6.07) is 8.51. The number of hydrogen-bond acceptors (Lipinski definition) is 3. The fourth-order valence-electron chi connectivity index (χ4n) is 1.77. The summed E-state index contributed by atoms with van der Waals surface area (Å²) >= 11 is 3.44. The Hall–Kier alpha value is -0.420. The predicted molar refractivity (Wildman–Crippen MR) is 65.2 cm³/mol. The van der Waals surface area contributed by atoms with Crippen LogP contribution in [0.1, 0.15) is 5.56 Å². The molecular weight excluding hydrogens is 254 g/mol. The highest BCUT2D eigenvalue weighted by Gasteiger charge is 2.13. The maximum Gasteiger partial charge on any atom is 0.0257 e. The fourth-order valence-corrected chi connectivity index (χ4v) is 2.03. The molecule has 4 heteroatoms. The molecule has 0 aliphatic carbocycles. The molecule has 0 radical (unpaired) electrons. The average Bonchev–Trinajstić information content (AvgIpc) is 2.25. The second-order valence-electron chi connectivity index (χ2n) is 3.94. The number of rotatable bonds is 2. The van der Waals surface area contributed by atoms with Gasteiger partial charge in [-0.05, 0) is 17.7 Å². The molecule has 3 nitrogen and oxygen atoms in total. The van der Waals surface area contributed by atoms with Crippen molar-refractivity contribution >= 4 is 15.9 Å². The summed E-state index contributed by atoms with van der Waals surface area (Å²) in [5.74, 6) is 5.71. The van der Waals surface area contributed by atoms with Crippen LogP contribution in [-0.2, 0) is 6.54 Å². The molecule has 1 saturated heterocycles. The van der Waals surface area contributed by atoms with Crippen LogP contribution in [0.4, 0.5) is 0 Å². The van der Waals surface area contributed by atoms with Gasteiger partial charge in [0.25, 0.3) is 0 Å². The monoisotopic (exact) mass is 269 g/mol. The molecule has 1 aromatic rings. The van der Waals surface area contributed by atoms with Crippen molar-refractivity contribution in [2.75, 3.05) is 26.2 Å². The third-order valence-corrected chi connectivity index (χ3v) is 3.25. The molecule has 1 fully saturated rings. The third kappa shape index (κ3) is 3.28. The molecule has 0 spiro atoms. The topological polar surface area (TPSA) is 32.5 Å². The molecule has 0 unspecified atom stereocenters. The van der Waals surface area contributed by atoms with E-state index >= 15 is 0 Å². The Morgan fingerprint density at radius 3 is 2.27 bits per heavy atom. The minimum atomic E-state index is 0.969. The highest BCUT2D eigenvalue weighted by molar-refractivity contribution is 9.10. The van der Waals surface area contributed by atoms with E-state index in [4.69, 9.17) is 5.84 Å². The van der Waals surface area contributed by atoms with Crippen LogP contribution >= 0.6 is 15.9 Å². The number of hydrogen-bond donors (Lipinski definition) is 1. The van der Waals surface area contributed by atoms with Crippen LogP contribution in [0.25, 0.3) is 0 Å². The van der Waals surface area contributed by atoms with Gasteiger partial charge >= 0.3 is 0 Å². The molecule has 2 N–H and O–H groups in total. The summed E-state index contributed by atoms with van der Waals surface area (Å²) in [7, 11) is 0. The van der Waals surface area contributed by atoms with Gasteiger partial charge in [-0.1, -0.05) is 28.1 Å². The van der Waals surface area contributed by atoms with E-state index in [1.807, 2.05) is 5.01 Å². The number of halogens is 1.